The number of rotatable bonds is 12. The van der Waals surface area contributed by atoms with Gasteiger partial charge in [0.05, 0.1) is 53.1 Å². The molecule has 2 aromatic carbocycles. The Morgan fingerprint density at radius 2 is 1.67 bits per heavy atom. The summed E-state index contributed by atoms with van der Waals surface area (Å²) in [4.78, 5) is 61.0. The van der Waals surface area contributed by atoms with E-state index in [0.717, 1.165) is 53.7 Å². The van der Waals surface area contributed by atoms with Gasteiger partial charge < -0.3 is 25.4 Å². The number of para-hydroxylation sites is 1. The lowest BCUT2D eigenvalue weighted by atomic mass is 10.0. The van der Waals surface area contributed by atoms with Gasteiger partial charge in [-0.2, -0.15) is 0 Å². The molecule has 3 aromatic heterocycles. The lowest BCUT2D eigenvalue weighted by Crippen LogP contribution is -2.54. The first-order valence-corrected chi connectivity index (χ1v) is 19.0. The fourth-order valence-corrected chi connectivity index (χ4v) is 8.29. The maximum atomic E-state index is 13.3. The minimum atomic E-state index is -1.03. The lowest BCUT2D eigenvalue weighted by molar-refractivity contribution is -0.136. The third-order valence-electron chi connectivity index (χ3n) is 11.0. The molecule has 0 aliphatic carbocycles. The number of imide groups is 2. The number of hydrogen-bond acceptors (Lipinski definition) is 14. The molecule has 1 unspecified atom stereocenters. The smallest absolute Gasteiger partial charge is 0.266 e. The maximum Gasteiger partial charge on any atom is 0.266 e. The number of ether oxygens (including phenoxy) is 1. The Morgan fingerprint density at radius 1 is 0.860 bits per heavy atom. The first kappa shape index (κ1) is 35.8. The molecule has 0 spiro atoms. The standard InChI is InChI=1S/C40H39N11O6/c41-37-31(18-29(45-46-37)27-9-1-2-11-32(27)52)49-21-26-17-25(49)22-50(26)34-13-5-8-23(42-34)19-48-20-24(44-47-48)7-3-4-16-57-33-12-6-10-28-36(33)40(56)51(39(28)55)30-14-15-35(53)43-38(30)54/h1-2,5-6,8-13,18,20,25-26,30,52H,3-4,7,14-17,19,21-22H2,(H2,41,46)(H,43,53,54)/t25-,26-,30?/m1/s1. The van der Waals surface area contributed by atoms with Crippen molar-refractivity contribution in [2.75, 3.05) is 35.2 Å². The van der Waals surface area contributed by atoms with Crippen molar-refractivity contribution in [3.8, 4) is 22.8 Å². The van der Waals surface area contributed by atoms with Crippen molar-refractivity contribution in [2.45, 2.75) is 63.2 Å². The van der Waals surface area contributed by atoms with Crippen LogP contribution in [0.5, 0.6) is 11.5 Å². The van der Waals surface area contributed by atoms with Crippen LogP contribution in [0.3, 0.4) is 0 Å². The molecular weight excluding hydrogens is 731 g/mol. The zero-order valence-corrected chi connectivity index (χ0v) is 30.8. The fraction of sp³-hybridized carbons (Fsp3) is 0.325. The zero-order chi connectivity index (χ0) is 39.2. The quantitative estimate of drug-likeness (QED) is 0.123. The van der Waals surface area contributed by atoms with Crippen LogP contribution in [-0.4, -0.2) is 102 Å². The molecule has 0 radical (unpaired) electrons. The second kappa shape index (κ2) is 14.6. The molecule has 2 bridgehead atoms. The highest BCUT2D eigenvalue weighted by Crippen LogP contribution is 2.40. The highest BCUT2D eigenvalue weighted by atomic mass is 16.5. The van der Waals surface area contributed by atoms with Gasteiger partial charge >= 0.3 is 0 Å². The number of anilines is 3. The molecule has 4 N–H and O–H groups in total. The number of aromatic hydroxyl groups is 1. The van der Waals surface area contributed by atoms with Crippen molar-refractivity contribution in [3.63, 3.8) is 0 Å². The molecule has 3 fully saturated rings. The fourth-order valence-electron chi connectivity index (χ4n) is 8.29. The maximum absolute atomic E-state index is 13.3. The number of nitrogen functional groups attached to an aromatic ring is 1. The number of pyridine rings is 1. The number of phenols is 1. The highest BCUT2D eigenvalue weighted by Gasteiger charge is 2.46. The Bertz CT molecular complexity index is 2420. The monoisotopic (exact) mass is 769 g/mol. The number of amides is 4. The number of nitrogens with zero attached hydrogens (tertiary/aromatic N) is 9. The molecule has 9 rings (SSSR count). The largest absolute Gasteiger partial charge is 0.507 e. The van der Waals surface area contributed by atoms with Crippen molar-refractivity contribution in [1.29, 1.82) is 0 Å². The van der Waals surface area contributed by atoms with Crippen LogP contribution in [0, 0.1) is 0 Å². The average molecular weight is 770 g/mol. The van der Waals surface area contributed by atoms with E-state index in [1.54, 1.807) is 35.0 Å². The predicted octanol–water partition coefficient (Wildman–Crippen LogP) is 2.74. The van der Waals surface area contributed by atoms with E-state index in [0.29, 0.717) is 43.1 Å². The molecule has 0 saturated carbocycles. The van der Waals surface area contributed by atoms with Gasteiger partial charge in [-0.3, -0.25) is 29.4 Å². The van der Waals surface area contributed by atoms with Crippen molar-refractivity contribution in [1.82, 2.24) is 40.4 Å². The Kier molecular flexibility index (Phi) is 9.18. The highest BCUT2D eigenvalue weighted by molar-refractivity contribution is 6.24. The summed E-state index contributed by atoms with van der Waals surface area (Å²) in [7, 11) is 0. The number of hydrogen-bond donors (Lipinski definition) is 3. The summed E-state index contributed by atoms with van der Waals surface area (Å²) in [5.74, 6) is -0.533. The normalized spacial score (nSPS) is 20.1. The van der Waals surface area contributed by atoms with Crippen LogP contribution in [0.4, 0.5) is 17.3 Å². The third-order valence-corrected chi connectivity index (χ3v) is 11.0. The summed E-state index contributed by atoms with van der Waals surface area (Å²) in [6.07, 6.45) is 5.11. The number of carbonyl (C=O) groups excluding carboxylic acids is 4. The molecule has 17 heteroatoms. The van der Waals surface area contributed by atoms with E-state index in [-0.39, 0.29) is 47.6 Å². The van der Waals surface area contributed by atoms with Gasteiger partial charge in [-0.25, -0.2) is 9.67 Å². The van der Waals surface area contributed by atoms with Gasteiger partial charge in [0.2, 0.25) is 11.8 Å². The van der Waals surface area contributed by atoms with E-state index in [2.05, 4.69) is 35.6 Å². The van der Waals surface area contributed by atoms with E-state index in [4.69, 9.17) is 15.5 Å². The van der Waals surface area contributed by atoms with Crippen LogP contribution < -0.4 is 25.6 Å². The van der Waals surface area contributed by atoms with E-state index < -0.39 is 29.7 Å². The van der Waals surface area contributed by atoms with Gasteiger partial charge in [0.25, 0.3) is 11.8 Å². The van der Waals surface area contributed by atoms with Crippen LogP contribution in [0.15, 0.2) is 72.9 Å². The predicted molar refractivity (Wildman–Crippen MR) is 205 cm³/mol. The molecule has 4 amide bonds. The number of benzene rings is 2. The molecule has 4 aliphatic rings. The summed E-state index contributed by atoms with van der Waals surface area (Å²) in [5, 5.41) is 29.7. The molecule has 7 heterocycles. The Balaban J connectivity index is 0.768. The molecule has 3 saturated heterocycles. The van der Waals surface area contributed by atoms with Gasteiger partial charge in [0, 0.05) is 37.3 Å². The molecule has 290 valence electrons. The zero-order valence-electron chi connectivity index (χ0n) is 30.8. The topological polar surface area (TPSA) is 215 Å². The molecule has 57 heavy (non-hydrogen) atoms. The minimum Gasteiger partial charge on any atom is -0.507 e. The summed E-state index contributed by atoms with van der Waals surface area (Å²) in [5.41, 5.74) is 10.3. The van der Waals surface area contributed by atoms with Crippen LogP contribution in [-0.2, 0) is 22.6 Å². The number of piperidine rings is 1. The van der Waals surface area contributed by atoms with Crippen LogP contribution >= 0.6 is 0 Å². The number of unbranched alkanes of at least 4 members (excludes halogenated alkanes) is 1. The average Bonchev–Trinajstić information content (AvgIpc) is 4.00. The van der Waals surface area contributed by atoms with Gasteiger partial charge in [0.15, 0.2) is 5.82 Å². The number of piperazine rings is 1. The van der Waals surface area contributed by atoms with Gasteiger partial charge in [0.1, 0.15) is 23.4 Å². The van der Waals surface area contributed by atoms with Crippen molar-refractivity contribution >= 4 is 41.0 Å². The number of nitrogens with one attached hydrogen (secondary N) is 1. The van der Waals surface area contributed by atoms with Gasteiger partial charge in [-0.05, 0) is 74.6 Å². The molecule has 4 aliphatic heterocycles. The van der Waals surface area contributed by atoms with E-state index >= 15 is 0 Å². The van der Waals surface area contributed by atoms with E-state index in [1.807, 2.05) is 42.6 Å². The molecule has 17 nitrogen and oxygen atoms in total. The van der Waals surface area contributed by atoms with Crippen molar-refractivity contribution in [3.05, 3.63) is 95.4 Å². The summed E-state index contributed by atoms with van der Waals surface area (Å²) < 4.78 is 7.75. The van der Waals surface area contributed by atoms with Crippen LogP contribution in [0.1, 0.15) is 64.2 Å². The lowest BCUT2D eigenvalue weighted by Gasteiger charge is -2.36. The number of aryl methyl sites for hydroxylation is 1. The van der Waals surface area contributed by atoms with Crippen molar-refractivity contribution < 1.29 is 29.0 Å². The van der Waals surface area contributed by atoms with E-state index in [1.165, 1.54) is 0 Å². The summed E-state index contributed by atoms with van der Waals surface area (Å²) >= 11 is 0. The number of phenolic OH excluding ortho intramolecular Hbond substituents is 1. The van der Waals surface area contributed by atoms with E-state index in [9.17, 15) is 24.3 Å². The summed E-state index contributed by atoms with van der Waals surface area (Å²) in [6, 6.07) is 19.3. The second-order valence-electron chi connectivity index (χ2n) is 14.7. The van der Waals surface area contributed by atoms with Crippen molar-refractivity contribution in [2.24, 2.45) is 0 Å². The Hall–Kier alpha value is -6.91. The first-order chi connectivity index (χ1) is 27.7. The molecule has 3 atom stereocenters. The Morgan fingerprint density at radius 3 is 2.49 bits per heavy atom. The SMILES string of the molecule is Nc1nnc(-c2ccccc2O)cc1N1C[C@H]2C[C@@H]1CN2c1cccc(Cn2cc(CCCCOc3cccc4c3C(=O)N(C3CCC(=O)NC3=O)C4=O)nn2)n1. The second-order valence-corrected chi connectivity index (χ2v) is 14.7. The minimum absolute atomic E-state index is 0.0552. The Labute approximate surface area is 326 Å². The number of fused-ring (bicyclic) bond motifs is 3. The number of carbonyl (C=O) groups is 4. The van der Waals surface area contributed by atoms with Gasteiger partial charge in [-0.1, -0.05) is 29.5 Å². The number of aromatic nitrogens is 6. The van der Waals surface area contributed by atoms with Crippen LogP contribution in [0.25, 0.3) is 11.3 Å². The van der Waals surface area contributed by atoms with Gasteiger partial charge in [-0.15, -0.1) is 15.3 Å². The first-order valence-electron chi connectivity index (χ1n) is 19.0. The number of nitrogens with two attached hydrogens (primary N) is 1. The molecule has 5 aromatic rings. The molecular formula is C40H39N11O6. The third kappa shape index (κ3) is 6.74. The summed E-state index contributed by atoms with van der Waals surface area (Å²) in [6.45, 7) is 2.32. The van der Waals surface area contributed by atoms with Crippen LogP contribution in [0.2, 0.25) is 0 Å².